The molecule has 2 amide bonds. The molecule has 2 aromatic carbocycles. The summed E-state index contributed by atoms with van der Waals surface area (Å²) < 4.78 is 11.7. The molecule has 0 fully saturated rings. The van der Waals surface area contributed by atoms with Crippen LogP contribution in [0.15, 0.2) is 42.0 Å². The zero-order chi connectivity index (χ0) is 28.3. The molecule has 11 heteroatoms. The van der Waals surface area contributed by atoms with Crippen LogP contribution in [-0.2, 0) is 22.7 Å². The fourth-order valence-corrected chi connectivity index (χ4v) is 5.64. The second kappa shape index (κ2) is 12.6. The minimum atomic E-state index is -1.22. The van der Waals surface area contributed by atoms with Crippen LogP contribution in [0.3, 0.4) is 0 Å². The van der Waals surface area contributed by atoms with Gasteiger partial charge in [-0.3, -0.25) is 9.59 Å². The Morgan fingerprint density at radius 3 is 2.59 bits per heavy atom. The number of aliphatic hydroxyl groups is 3. The molecule has 2 aliphatic rings. The van der Waals surface area contributed by atoms with Gasteiger partial charge in [0.1, 0.15) is 12.2 Å². The van der Waals surface area contributed by atoms with Gasteiger partial charge in [0.15, 0.2) is 11.5 Å². The molecule has 0 saturated carbocycles. The summed E-state index contributed by atoms with van der Waals surface area (Å²) in [6.45, 7) is 1.45. The number of nitrogens with one attached hydrogen (secondary N) is 1. The number of carbonyl (C=O) groups is 2. The average Bonchev–Trinajstić information content (AvgIpc) is 3.31. The lowest BCUT2D eigenvalue weighted by Crippen LogP contribution is -2.55. The molecule has 1 aliphatic heterocycles. The van der Waals surface area contributed by atoms with Crippen molar-refractivity contribution in [3.05, 3.63) is 68.7 Å². The first-order chi connectivity index (χ1) is 18.7. The number of amides is 2. The van der Waals surface area contributed by atoms with Crippen molar-refractivity contribution in [2.24, 2.45) is 0 Å². The molecule has 39 heavy (non-hydrogen) atoms. The van der Waals surface area contributed by atoms with E-state index in [1.54, 1.807) is 36.4 Å². The highest BCUT2D eigenvalue weighted by atomic mass is 35.5. The van der Waals surface area contributed by atoms with E-state index in [0.717, 1.165) is 0 Å². The Balaban J connectivity index is 1.82. The molecule has 4 N–H and O–H groups in total. The molecular formula is C28H32Cl2N2O7. The molecule has 4 atom stereocenters. The molecule has 0 unspecified atom stereocenters. The zero-order valence-electron chi connectivity index (χ0n) is 21.7. The predicted octanol–water partition coefficient (Wildman–Crippen LogP) is 2.95. The lowest BCUT2D eigenvalue weighted by Gasteiger charge is -2.41. The van der Waals surface area contributed by atoms with Gasteiger partial charge >= 0.3 is 0 Å². The van der Waals surface area contributed by atoms with Crippen molar-refractivity contribution < 1.29 is 34.4 Å². The second-order valence-electron chi connectivity index (χ2n) is 9.52. The van der Waals surface area contributed by atoms with E-state index in [9.17, 15) is 24.9 Å². The van der Waals surface area contributed by atoms with E-state index in [-0.39, 0.29) is 44.2 Å². The van der Waals surface area contributed by atoms with Crippen LogP contribution in [0.25, 0.3) is 0 Å². The molecule has 0 saturated heterocycles. The zero-order valence-corrected chi connectivity index (χ0v) is 23.2. The van der Waals surface area contributed by atoms with Crippen LogP contribution in [0.4, 0.5) is 0 Å². The largest absolute Gasteiger partial charge is 0.493 e. The maximum absolute atomic E-state index is 13.4. The van der Waals surface area contributed by atoms with E-state index in [1.807, 2.05) is 6.92 Å². The SMILES string of the molecule is CCCC(=O)N(Cc1ccc(Cl)cc1Cl)[C@@H]1C=C(C(=O)NCCO)[C@@H]2c3cc(CO)cc(OC)c3O[C@@H]2[C@H]1O. The van der Waals surface area contributed by atoms with Crippen LogP contribution < -0.4 is 14.8 Å². The van der Waals surface area contributed by atoms with E-state index in [1.165, 1.54) is 12.0 Å². The summed E-state index contributed by atoms with van der Waals surface area (Å²) in [5.74, 6) is -0.678. The smallest absolute Gasteiger partial charge is 0.247 e. The first-order valence-corrected chi connectivity index (χ1v) is 13.5. The second-order valence-corrected chi connectivity index (χ2v) is 10.4. The average molecular weight is 579 g/mol. The summed E-state index contributed by atoms with van der Waals surface area (Å²) >= 11 is 12.5. The fourth-order valence-electron chi connectivity index (χ4n) is 5.17. The third kappa shape index (κ3) is 5.88. The van der Waals surface area contributed by atoms with Crippen molar-refractivity contribution in [3.63, 3.8) is 0 Å². The van der Waals surface area contributed by atoms with Crippen molar-refractivity contribution in [2.45, 2.75) is 57.1 Å². The van der Waals surface area contributed by atoms with Crippen LogP contribution in [-0.4, -0.2) is 70.5 Å². The summed E-state index contributed by atoms with van der Waals surface area (Å²) in [4.78, 5) is 28.3. The number of aliphatic hydroxyl groups excluding tert-OH is 3. The number of nitrogens with zero attached hydrogens (tertiary/aromatic N) is 1. The Bertz CT molecular complexity index is 1270. The summed E-state index contributed by atoms with van der Waals surface area (Å²) in [5.41, 5.74) is 2.04. The monoisotopic (exact) mass is 578 g/mol. The van der Waals surface area contributed by atoms with E-state index in [4.69, 9.17) is 32.7 Å². The molecule has 0 radical (unpaired) electrons. The summed E-state index contributed by atoms with van der Waals surface area (Å²) in [6.07, 6.45) is 0.245. The Morgan fingerprint density at radius 2 is 1.95 bits per heavy atom. The van der Waals surface area contributed by atoms with Crippen molar-refractivity contribution in [3.8, 4) is 11.5 Å². The van der Waals surface area contributed by atoms with Crippen LogP contribution in [0.2, 0.25) is 10.0 Å². The van der Waals surface area contributed by atoms with Gasteiger partial charge in [0, 0.05) is 40.7 Å². The Labute approximate surface area is 236 Å². The number of rotatable bonds is 10. The minimum Gasteiger partial charge on any atom is -0.493 e. The third-order valence-electron chi connectivity index (χ3n) is 6.99. The van der Waals surface area contributed by atoms with Crippen LogP contribution in [0.1, 0.15) is 42.4 Å². The number of hydrogen-bond donors (Lipinski definition) is 4. The maximum Gasteiger partial charge on any atom is 0.247 e. The minimum absolute atomic E-state index is 0.0212. The van der Waals surface area contributed by atoms with Gasteiger partial charge in [-0.15, -0.1) is 0 Å². The van der Waals surface area contributed by atoms with Crippen molar-refractivity contribution >= 4 is 35.0 Å². The van der Waals surface area contributed by atoms with Crippen LogP contribution >= 0.6 is 23.2 Å². The summed E-state index contributed by atoms with van der Waals surface area (Å²) in [7, 11) is 1.47. The molecule has 0 bridgehead atoms. The van der Waals surface area contributed by atoms with Gasteiger partial charge < -0.3 is 35.0 Å². The third-order valence-corrected chi connectivity index (χ3v) is 7.58. The standard InChI is InChI=1S/C28H32Cl2N2O7/c1-3-4-23(35)32(13-16-5-6-17(29)11-20(16)30)21-12-19(28(37)31-7-8-33)24-18-9-15(14-34)10-22(38-2)26(18)39-27(24)25(21)36/h5-6,9-12,21,24-25,27,33-34,36H,3-4,7-8,13-14H2,1-2H3,(H,31,37)/t21-,24+,25+,27+/m1/s1. The van der Waals surface area contributed by atoms with Crippen molar-refractivity contribution in [1.82, 2.24) is 10.2 Å². The fraction of sp³-hybridized carbons (Fsp3) is 0.429. The Morgan fingerprint density at radius 1 is 1.18 bits per heavy atom. The van der Waals surface area contributed by atoms with Gasteiger partial charge in [-0.2, -0.15) is 0 Å². The number of fused-ring (bicyclic) bond motifs is 3. The van der Waals surface area contributed by atoms with Gasteiger partial charge in [0.05, 0.1) is 32.3 Å². The number of carbonyl (C=O) groups excluding carboxylic acids is 2. The molecule has 1 heterocycles. The van der Waals surface area contributed by atoms with Gasteiger partial charge in [-0.1, -0.05) is 36.2 Å². The molecule has 9 nitrogen and oxygen atoms in total. The Hall–Kier alpha value is -2.82. The number of halogens is 2. The van der Waals surface area contributed by atoms with E-state index >= 15 is 0 Å². The number of hydrogen-bond acceptors (Lipinski definition) is 7. The lowest BCUT2D eigenvalue weighted by atomic mass is 9.77. The highest BCUT2D eigenvalue weighted by molar-refractivity contribution is 6.35. The van der Waals surface area contributed by atoms with Crippen molar-refractivity contribution in [1.29, 1.82) is 0 Å². The number of ether oxygens (including phenoxy) is 2. The number of benzene rings is 2. The molecule has 0 aromatic heterocycles. The quantitative estimate of drug-likeness (QED) is 0.341. The topological polar surface area (TPSA) is 129 Å². The Kier molecular flexibility index (Phi) is 9.40. The van der Waals surface area contributed by atoms with E-state index in [2.05, 4.69) is 5.32 Å². The van der Waals surface area contributed by atoms with E-state index < -0.39 is 30.1 Å². The molecule has 210 valence electrons. The molecule has 1 aliphatic carbocycles. The van der Waals surface area contributed by atoms with Gasteiger partial charge in [-0.05, 0) is 47.9 Å². The maximum atomic E-state index is 13.4. The first-order valence-electron chi connectivity index (χ1n) is 12.7. The highest BCUT2D eigenvalue weighted by Gasteiger charge is 2.51. The highest BCUT2D eigenvalue weighted by Crippen LogP contribution is 2.51. The normalized spacial score (nSPS) is 21.4. The molecular weight excluding hydrogens is 547 g/mol. The van der Waals surface area contributed by atoms with Gasteiger partial charge in [0.2, 0.25) is 11.8 Å². The van der Waals surface area contributed by atoms with Crippen LogP contribution in [0.5, 0.6) is 11.5 Å². The van der Waals surface area contributed by atoms with Gasteiger partial charge in [-0.25, -0.2) is 0 Å². The van der Waals surface area contributed by atoms with E-state index in [0.29, 0.717) is 44.7 Å². The molecule has 4 rings (SSSR count). The summed E-state index contributed by atoms with van der Waals surface area (Å²) in [5, 5.41) is 34.3. The van der Waals surface area contributed by atoms with Gasteiger partial charge in [0.25, 0.3) is 0 Å². The van der Waals surface area contributed by atoms with Crippen molar-refractivity contribution in [2.75, 3.05) is 20.3 Å². The first kappa shape index (κ1) is 29.2. The van der Waals surface area contributed by atoms with Crippen LogP contribution in [0, 0.1) is 0 Å². The summed E-state index contributed by atoms with van der Waals surface area (Å²) in [6, 6.07) is 7.40. The lowest BCUT2D eigenvalue weighted by molar-refractivity contribution is -0.138. The number of methoxy groups -OCH3 is 1. The predicted molar refractivity (Wildman–Crippen MR) is 146 cm³/mol. The molecule has 0 spiro atoms. The molecule has 2 aromatic rings.